The highest BCUT2D eigenvalue weighted by Gasteiger charge is 2.27. The number of rotatable bonds is 8. The normalized spacial score (nSPS) is 12.0. The van der Waals surface area contributed by atoms with Gasteiger partial charge in [-0.25, -0.2) is 0 Å². The van der Waals surface area contributed by atoms with Gasteiger partial charge in [0.25, 0.3) is 0 Å². The fraction of sp³-hybridized carbons (Fsp3) is 0.429. The molecule has 1 aromatic carbocycles. The molecule has 1 atom stereocenters. The van der Waals surface area contributed by atoms with Crippen LogP contribution in [0.25, 0.3) is 0 Å². The van der Waals surface area contributed by atoms with E-state index in [-0.39, 0.29) is 6.54 Å². The maximum Gasteiger partial charge on any atom is 0.325 e. The Morgan fingerprint density at radius 2 is 1.95 bits per heavy atom. The Kier molecular flexibility index (Phi) is 5.98. The number of hydrogen-bond donors (Lipinski definition) is 2. The SMILES string of the molecule is CCOc1ccc(C(C(=O)O)N(C)CC(=O)O)cc1OC. The molecule has 0 spiro atoms. The third-order valence-corrected chi connectivity index (χ3v) is 2.86. The quantitative estimate of drug-likeness (QED) is 0.745. The van der Waals surface area contributed by atoms with Gasteiger partial charge in [0.05, 0.1) is 20.3 Å². The third-order valence-electron chi connectivity index (χ3n) is 2.86. The Balaban J connectivity index is 3.14. The van der Waals surface area contributed by atoms with Crippen LogP contribution in [-0.2, 0) is 9.59 Å². The zero-order valence-electron chi connectivity index (χ0n) is 12.2. The van der Waals surface area contributed by atoms with Gasteiger partial charge in [-0.3, -0.25) is 14.5 Å². The maximum atomic E-state index is 11.4. The highest BCUT2D eigenvalue weighted by atomic mass is 16.5. The predicted octanol–water partition coefficient (Wildman–Crippen LogP) is 1.24. The molecule has 0 saturated heterocycles. The number of nitrogens with zero attached hydrogens (tertiary/aromatic N) is 1. The molecule has 0 aromatic heterocycles. The van der Waals surface area contributed by atoms with Gasteiger partial charge in [0.2, 0.25) is 0 Å². The number of carbonyl (C=O) groups is 2. The van der Waals surface area contributed by atoms with Gasteiger partial charge in [-0.1, -0.05) is 6.07 Å². The van der Waals surface area contributed by atoms with Crippen molar-refractivity contribution in [1.29, 1.82) is 0 Å². The minimum Gasteiger partial charge on any atom is -0.493 e. The minimum absolute atomic E-state index is 0.382. The average Bonchev–Trinajstić information content (AvgIpc) is 2.39. The molecule has 7 heteroatoms. The lowest BCUT2D eigenvalue weighted by atomic mass is 10.0. The van der Waals surface area contributed by atoms with Crippen LogP contribution in [0.4, 0.5) is 0 Å². The topological polar surface area (TPSA) is 96.3 Å². The standard InChI is InChI=1S/C14H19NO6/c1-4-21-10-6-5-9(7-11(10)20-3)13(14(18)19)15(2)8-12(16)17/h5-7,13H,4,8H2,1-3H3,(H,16,17)(H,18,19). The highest BCUT2D eigenvalue weighted by Crippen LogP contribution is 2.32. The van der Waals surface area contributed by atoms with Crippen molar-refractivity contribution in [2.24, 2.45) is 0 Å². The lowest BCUT2D eigenvalue weighted by molar-refractivity contribution is -0.145. The van der Waals surface area contributed by atoms with E-state index in [0.29, 0.717) is 23.7 Å². The first-order chi connectivity index (χ1) is 9.90. The number of carboxylic acid groups (broad SMARTS) is 2. The molecule has 0 saturated carbocycles. The van der Waals surface area contributed by atoms with E-state index in [1.54, 1.807) is 18.2 Å². The van der Waals surface area contributed by atoms with Crippen LogP contribution < -0.4 is 9.47 Å². The second-order valence-corrected chi connectivity index (χ2v) is 4.39. The molecule has 0 amide bonds. The summed E-state index contributed by atoms with van der Waals surface area (Å²) in [5.41, 5.74) is 0.423. The van der Waals surface area contributed by atoms with E-state index in [4.69, 9.17) is 14.6 Å². The summed E-state index contributed by atoms with van der Waals surface area (Å²) in [6, 6.07) is 3.67. The molecular weight excluding hydrogens is 278 g/mol. The molecule has 0 heterocycles. The Hall–Kier alpha value is -2.28. The minimum atomic E-state index is -1.13. The molecule has 0 aliphatic heterocycles. The molecule has 0 aliphatic carbocycles. The zero-order chi connectivity index (χ0) is 16.0. The van der Waals surface area contributed by atoms with Gasteiger partial charge in [-0.2, -0.15) is 0 Å². The van der Waals surface area contributed by atoms with Gasteiger partial charge < -0.3 is 19.7 Å². The summed E-state index contributed by atoms with van der Waals surface area (Å²) in [7, 11) is 2.90. The molecule has 1 aromatic rings. The first-order valence-corrected chi connectivity index (χ1v) is 6.36. The Morgan fingerprint density at radius 1 is 1.29 bits per heavy atom. The van der Waals surface area contributed by atoms with Crippen LogP contribution in [0.3, 0.4) is 0 Å². The van der Waals surface area contributed by atoms with E-state index in [0.717, 1.165) is 0 Å². The van der Waals surface area contributed by atoms with Gasteiger partial charge in [0.1, 0.15) is 6.04 Å². The number of methoxy groups -OCH3 is 1. The van der Waals surface area contributed by atoms with E-state index >= 15 is 0 Å². The van der Waals surface area contributed by atoms with E-state index in [1.807, 2.05) is 6.92 Å². The van der Waals surface area contributed by atoms with Crippen molar-refractivity contribution >= 4 is 11.9 Å². The van der Waals surface area contributed by atoms with Gasteiger partial charge in [-0.05, 0) is 31.7 Å². The molecule has 1 unspecified atom stereocenters. The summed E-state index contributed by atoms with van der Waals surface area (Å²) in [6.07, 6.45) is 0. The van der Waals surface area contributed by atoms with Crippen molar-refractivity contribution in [1.82, 2.24) is 4.90 Å². The van der Waals surface area contributed by atoms with Gasteiger partial charge >= 0.3 is 11.9 Å². The van der Waals surface area contributed by atoms with Crippen LogP contribution in [0.5, 0.6) is 11.5 Å². The van der Waals surface area contributed by atoms with Crippen LogP contribution in [0.2, 0.25) is 0 Å². The monoisotopic (exact) mass is 297 g/mol. The Morgan fingerprint density at radius 3 is 2.43 bits per heavy atom. The maximum absolute atomic E-state index is 11.4. The molecule has 0 aliphatic rings. The first kappa shape index (κ1) is 16.8. The summed E-state index contributed by atoms with van der Waals surface area (Å²) in [4.78, 5) is 23.4. The summed E-state index contributed by atoms with van der Waals surface area (Å²) in [6.45, 7) is 1.90. The van der Waals surface area contributed by atoms with Gasteiger partial charge in [0, 0.05) is 0 Å². The third kappa shape index (κ3) is 4.35. The van der Waals surface area contributed by atoms with Crippen molar-refractivity contribution in [3.8, 4) is 11.5 Å². The van der Waals surface area contributed by atoms with E-state index in [2.05, 4.69) is 0 Å². The molecule has 0 fully saturated rings. The lowest BCUT2D eigenvalue weighted by Gasteiger charge is -2.24. The van der Waals surface area contributed by atoms with Crippen LogP contribution in [0, 0.1) is 0 Å². The van der Waals surface area contributed by atoms with Crippen molar-refractivity contribution in [3.05, 3.63) is 23.8 Å². The second-order valence-electron chi connectivity index (χ2n) is 4.39. The van der Waals surface area contributed by atoms with E-state index in [1.165, 1.54) is 19.1 Å². The Labute approximate surface area is 122 Å². The Bertz CT molecular complexity index is 516. The molecule has 21 heavy (non-hydrogen) atoms. The highest BCUT2D eigenvalue weighted by molar-refractivity contribution is 5.77. The summed E-state index contributed by atoms with van der Waals surface area (Å²) in [5.74, 6) is -1.32. The molecular formula is C14H19NO6. The lowest BCUT2D eigenvalue weighted by Crippen LogP contribution is -2.34. The van der Waals surface area contributed by atoms with E-state index in [9.17, 15) is 14.7 Å². The molecule has 0 radical (unpaired) electrons. The molecule has 116 valence electrons. The van der Waals surface area contributed by atoms with Crippen molar-refractivity contribution < 1.29 is 29.3 Å². The van der Waals surface area contributed by atoms with Crippen LogP contribution in [0.15, 0.2) is 18.2 Å². The summed E-state index contributed by atoms with van der Waals surface area (Å²) in [5, 5.41) is 18.1. The summed E-state index contributed by atoms with van der Waals surface area (Å²) < 4.78 is 10.5. The van der Waals surface area contributed by atoms with Gasteiger partial charge in [0.15, 0.2) is 11.5 Å². The van der Waals surface area contributed by atoms with Crippen LogP contribution in [-0.4, -0.2) is 54.4 Å². The summed E-state index contributed by atoms with van der Waals surface area (Å²) >= 11 is 0. The molecule has 2 N–H and O–H groups in total. The van der Waals surface area contributed by atoms with Gasteiger partial charge in [-0.15, -0.1) is 0 Å². The fourth-order valence-corrected chi connectivity index (χ4v) is 2.02. The average molecular weight is 297 g/mol. The molecule has 1 rings (SSSR count). The van der Waals surface area contributed by atoms with E-state index < -0.39 is 18.0 Å². The van der Waals surface area contributed by atoms with Crippen LogP contribution >= 0.6 is 0 Å². The number of ether oxygens (including phenoxy) is 2. The van der Waals surface area contributed by atoms with Crippen molar-refractivity contribution in [3.63, 3.8) is 0 Å². The number of likely N-dealkylation sites (N-methyl/N-ethyl adjacent to an activating group) is 1. The zero-order valence-corrected chi connectivity index (χ0v) is 12.2. The first-order valence-electron chi connectivity index (χ1n) is 6.36. The fourth-order valence-electron chi connectivity index (χ4n) is 2.02. The molecule has 0 bridgehead atoms. The number of carboxylic acids is 2. The van der Waals surface area contributed by atoms with Crippen LogP contribution in [0.1, 0.15) is 18.5 Å². The smallest absolute Gasteiger partial charge is 0.325 e. The molecule has 7 nitrogen and oxygen atoms in total. The second kappa shape index (κ2) is 7.49. The number of hydrogen-bond acceptors (Lipinski definition) is 5. The number of benzene rings is 1. The largest absolute Gasteiger partial charge is 0.493 e. The van der Waals surface area contributed by atoms with Crippen molar-refractivity contribution in [2.75, 3.05) is 27.3 Å². The predicted molar refractivity (Wildman–Crippen MR) is 74.8 cm³/mol. The van der Waals surface area contributed by atoms with Crippen molar-refractivity contribution in [2.45, 2.75) is 13.0 Å². The number of aliphatic carboxylic acids is 2.